The molecule has 1 amide bonds. The number of carbonyl (C=O) groups is 1. The molecule has 0 bridgehead atoms. The summed E-state index contributed by atoms with van der Waals surface area (Å²) in [5.74, 6) is 0.641. The fourth-order valence-corrected chi connectivity index (χ4v) is 2.10. The third-order valence-electron chi connectivity index (χ3n) is 3.31. The minimum atomic E-state index is -0.518. The lowest BCUT2D eigenvalue weighted by Crippen LogP contribution is -2.36. The van der Waals surface area contributed by atoms with Gasteiger partial charge in [-0.1, -0.05) is 48.0 Å². The van der Waals surface area contributed by atoms with Crippen LogP contribution in [0.3, 0.4) is 0 Å². The van der Waals surface area contributed by atoms with Gasteiger partial charge in [0, 0.05) is 6.54 Å². The summed E-state index contributed by atoms with van der Waals surface area (Å²) in [5.41, 5.74) is 3.29. The predicted octanol–water partition coefficient (Wildman–Crippen LogP) is 3.39. The SMILES string of the molecule is Cc1ccc(OC(C)C(=O)NCc2ccccc2)c(C)c1. The molecule has 0 radical (unpaired) electrons. The Kier molecular flexibility index (Phi) is 4.99. The van der Waals surface area contributed by atoms with Crippen LogP contribution in [-0.2, 0) is 11.3 Å². The molecule has 2 rings (SSSR count). The summed E-state index contributed by atoms with van der Waals surface area (Å²) in [5, 5.41) is 2.89. The smallest absolute Gasteiger partial charge is 0.261 e. The molecule has 1 atom stereocenters. The van der Waals surface area contributed by atoms with E-state index in [-0.39, 0.29) is 5.91 Å². The summed E-state index contributed by atoms with van der Waals surface area (Å²) in [7, 11) is 0. The predicted molar refractivity (Wildman–Crippen MR) is 84.3 cm³/mol. The molecule has 0 saturated heterocycles. The number of ether oxygens (including phenoxy) is 1. The van der Waals surface area contributed by atoms with E-state index in [1.165, 1.54) is 5.56 Å². The van der Waals surface area contributed by atoms with E-state index in [0.717, 1.165) is 16.9 Å². The highest BCUT2D eigenvalue weighted by Gasteiger charge is 2.15. The van der Waals surface area contributed by atoms with Crippen molar-refractivity contribution in [1.82, 2.24) is 5.32 Å². The minimum absolute atomic E-state index is 0.112. The van der Waals surface area contributed by atoms with Gasteiger partial charge in [0.05, 0.1) is 0 Å². The molecule has 0 aliphatic carbocycles. The van der Waals surface area contributed by atoms with Gasteiger partial charge in [0.25, 0.3) is 5.91 Å². The summed E-state index contributed by atoms with van der Waals surface area (Å²) in [4.78, 5) is 12.1. The van der Waals surface area contributed by atoms with Crippen molar-refractivity contribution in [2.24, 2.45) is 0 Å². The molecule has 3 nitrogen and oxygen atoms in total. The van der Waals surface area contributed by atoms with Crippen molar-refractivity contribution in [3.63, 3.8) is 0 Å². The van der Waals surface area contributed by atoms with E-state index >= 15 is 0 Å². The number of amides is 1. The van der Waals surface area contributed by atoms with E-state index < -0.39 is 6.10 Å². The lowest BCUT2D eigenvalue weighted by atomic mass is 10.1. The number of rotatable bonds is 5. The van der Waals surface area contributed by atoms with Crippen molar-refractivity contribution < 1.29 is 9.53 Å². The third kappa shape index (κ3) is 4.35. The zero-order chi connectivity index (χ0) is 15.2. The molecule has 110 valence electrons. The molecule has 2 aromatic rings. The van der Waals surface area contributed by atoms with Crippen molar-refractivity contribution >= 4 is 5.91 Å². The first-order valence-corrected chi connectivity index (χ1v) is 7.12. The first kappa shape index (κ1) is 15.1. The normalized spacial score (nSPS) is 11.8. The average Bonchev–Trinajstić information content (AvgIpc) is 2.48. The average molecular weight is 283 g/mol. The van der Waals surface area contributed by atoms with Crippen LogP contribution in [0.1, 0.15) is 23.6 Å². The molecule has 21 heavy (non-hydrogen) atoms. The molecule has 0 fully saturated rings. The van der Waals surface area contributed by atoms with Gasteiger partial charge in [0.2, 0.25) is 0 Å². The minimum Gasteiger partial charge on any atom is -0.481 e. The summed E-state index contributed by atoms with van der Waals surface area (Å²) in [6.07, 6.45) is -0.518. The first-order chi connectivity index (χ1) is 10.1. The Labute approximate surface area is 126 Å². The number of hydrogen-bond acceptors (Lipinski definition) is 2. The monoisotopic (exact) mass is 283 g/mol. The van der Waals surface area contributed by atoms with Gasteiger partial charge in [-0.2, -0.15) is 0 Å². The molecular formula is C18H21NO2. The van der Waals surface area contributed by atoms with Gasteiger partial charge in [-0.05, 0) is 38.0 Å². The lowest BCUT2D eigenvalue weighted by Gasteiger charge is -2.16. The quantitative estimate of drug-likeness (QED) is 0.913. The van der Waals surface area contributed by atoms with E-state index in [4.69, 9.17) is 4.74 Å². The summed E-state index contributed by atoms with van der Waals surface area (Å²) in [6, 6.07) is 15.8. The Morgan fingerprint density at radius 2 is 1.86 bits per heavy atom. The first-order valence-electron chi connectivity index (χ1n) is 7.12. The molecule has 0 aromatic heterocycles. The number of aryl methyl sites for hydroxylation is 2. The van der Waals surface area contributed by atoms with Crippen molar-refractivity contribution in [3.05, 3.63) is 65.2 Å². The fraction of sp³-hybridized carbons (Fsp3) is 0.278. The van der Waals surface area contributed by atoms with Crippen LogP contribution in [0.25, 0.3) is 0 Å². The highest BCUT2D eigenvalue weighted by atomic mass is 16.5. The highest BCUT2D eigenvalue weighted by Crippen LogP contribution is 2.20. The highest BCUT2D eigenvalue weighted by molar-refractivity contribution is 5.80. The second kappa shape index (κ2) is 6.93. The van der Waals surface area contributed by atoms with Crippen molar-refractivity contribution in [2.45, 2.75) is 33.4 Å². The third-order valence-corrected chi connectivity index (χ3v) is 3.31. The van der Waals surface area contributed by atoms with Gasteiger partial charge >= 0.3 is 0 Å². The van der Waals surface area contributed by atoms with Crippen LogP contribution in [-0.4, -0.2) is 12.0 Å². The van der Waals surface area contributed by atoms with E-state index in [1.54, 1.807) is 6.92 Å². The molecule has 0 aliphatic rings. The molecule has 2 aromatic carbocycles. The number of hydrogen-bond donors (Lipinski definition) is 1. The molecule has 0 saturated carbocycles. The van der Waals surface area contributed by atoms with Crippen LogP contribution < -0.4 is 10.1 Å². The molecule has 1 N–H and O–H groups in total. The Hall–Kier alpha value is -2.29. The Morgan fingerprint density at radius 1 is 1.14 bits per heavy atom. The van der Waals surface area contributed by atoms with Gasteiger partial charge in [0.1, 0.15) is 5.75 Å². The maximum absolute atomic E-state index is 12.1. The van der Waals surface area contributed by atoms with Crippen LogP contribution >= 0.6 is 0 Å². The number of benzene rings is 2. The van der Waals surface area contributed by atoms with E-state index in [1.807, 2.05) is 62.4 Å². The summed E-state index contributed by atoms with van der Waals surface area (Å²) >= 11 is 0. The van der Waals surface area contributed by atoms with Crippen LogP contribution in [0.15, 0.2) is 48.5 Å². The maximum atomic E-state index is 12.1. The van der Waals surface area contributed by atoms with Gasteiger partial charge in [-0.3, -0.25) is 4.79 Å². The van der Waals surface area contributed by atoms with E-state index in [0.29, 0.717) is 6.54 Å². The van der Waals surface area contributed by atoms with E-state index in [2.05, 4.69) is 5.32 Å². The van der Waals surface area contributed by atoms with Crippen LogP contribution in [0.2, 0.25) is 0 Å². The van der Waals surface area contributed by atoms with Crippen molar-refractivity contribution in [3.8, 4) is 5.75 Å². The molecule has 0 aliphatic heterocycles. The molecular weight excluding hydrogens is 262 g/mol. The zero-order valence-electron chi connectivity index (χ0n) is 12.7. The maximum Gasteiger partial charge on any atom is 0.261 e. The lowest BCUT2D eigenvalue weighted by molar-refractivity contribution is -0.127. The van der Waals surface area contributed by atoms with Crippen molar-refractivity contribution in [1.29, 1.82) is 0 Å². The summed E-state index contributed by atoms with van der Waals surface area (Å²) in [6.45, 7) is 6.30. The Balaban J connectivity index is 1.90. The molecule has 0 spiro atoms. The molecule has 0 heterocycles. The largest absolute Gasteiger partial charge is 0.481 e. The zero-order valence-corrected chi connectivity index (χ0v) is 12.7. The van der Waals surface area contributed by atoms with Crippen LogP contribution in [0.4, 0.5) is 0 Å². The number of carbonyl (C=O) groups excluding carboxylic acids is 1. The molecule has 3 heteroatoms. The standard InChI is InChI=1S/C18H21NO2/c1-13-9-10-17(14(2)11-13)21-15(3)18(20)19-12-16-7-5-4-6-8-16/h4-11,15H,12H2,1-3H3,(H,19,20). The topological polar surface area (TPSA) is 38.3 Å². The van der Waals surface area contributed by atoms with Crippen LogP contribution in [0, 0.1) is 13.8 Å². The van der Waals surface area contributed by atoms with Gasteiger partial charge in [-0.25, -0.2) is 0 Å². The summed E-state index contributed by atoms with van der Waals surface area (Å²) < 4.78 is 5.74. The van der Waals surface area contributed by atoms with E-state index in [9.17, 15) is 4.79 Å². The molecule has 1 unspecified atom stereocenters. The Morgan fingerprint density at radius 3 is 2.52 bits per heavy atom. The van der Waals surface area contributed by atoms with Gasteiger partial charge in [0.15, 0.2) is 6.10 Å². The van der Waals surface area contributed by atoms with Gasteiger partial charge < -0.3 is 10.1 Å². The van der Waals surface area contributed by atoms with Crippen molar-refractivity contribution in [2.75, 3.05) is 0 Å². The Bertz CT molecular complexity index is 608. The number of nitrogens with one attached hydrogen (secondary N) is 1. The second-order valence-corrected chi connectivity index (χ2v) is 5.23. The second-order valence-electron chi connectivity index (χ2n) is 5.23. The van der Waals surface area contributed by atoms with Crippen LogP contribution in [0.5, 0.6) is 5.75 Å². The van der Waals surface area contributed by atoms with Gasteiger partial charge in [-0.15, -0.1) is 0 Å². The fourth-order valence-electron chi connectivity index (χ4n) is 2.10.